The average molecular weight is 495 g/mol. The van der Waals surface area contributed by atoms with E-state index in [1.807, 2.05) is 0 Å². The van der Waals surface area contributed by atoms with Crippen LogP contribution in [-0.2, 0) is 4.52 Å². The van der Waals surface area contributed by atoms with Crippen molar-refractivity contribution in [1.82, 2.24) is 0 Å². The molecule has 0 bridgehead atoms. The summed E-state index contributed by atoms with van der Waals surface area (Å²) in [5.74, 6) is 0. The van der Waals surface area contributed by atoms with Crippen molar-refractivity contribution in [3.63, 3.8) is 0 Å². The molecule has 7 rings (SSSR count). The average Bonchev–Trinajstić information content (AvgIpc) is 3.32. The maximum atomic E-state index is 7.83. The summed E-state index contributed by atoms with van der Waals surface area (Å²) in [4.78, 5) is 0. The van der Waals surface area contributed by atoms with Crippen LogP contribution in [-0.4, -0.2) is 0 Å². The van der Waals surface area contributed by atoms with E-state index in [0.717, 1.165) is 0 Å². The molecule has 0 saturated heterocycles. The van der Waals surface area contributed by atoms with Gasteiger partial charge in [0.15, 0.2) is 0 Å². The molecule has 1 heterocycles. The first-order valence-corrected chi connectivity index (χ1v) is 14.9. The van der Waals surface area contributed by atoms with Gasteiger partial charge >= 0.3 is 218 Å². The molecule has 0 fully saturated rings. The van der Waals surface area contributed by atoms with Crippen molar-refractivity contribution in [3.05, 3.63) is 169 Å². The second-order valence-corrected chi connectivity index (χ2v) is 14.0. The summed E-state index contributed by atoms with van der Waals surface area (Å²) in [5.41, 5.74) is 2.42. The predicted molar refractivity (Wildman–Crippen MR) is 158 cm³/mol. The Morgan fingerprint density at radius 2 is 0.919 bits per heavy atom. The van der Waals surface area contributed by atoms with Crippen LogP contribution in [0.4, 0.5) is 0 Å². The Balaban J connectivity index is 1.63. The van der Waals surface area contributed by atoms with E-state index < -0.39 is 6.83 Å². The number of benzene rings is 6. The molecule has 2 heteroatoms. The second kappa shape index (κ2) is 8.53. The second-order valence-electron chi connectivity index (χ2n) is 9.69. The van der Waals surface area contributed by atoms with Crippen molar-refractivity contribution >= 4 is 38.8 Å². The van der Waals surface area contributed by atoms with Gasteiger partial charge in [-0.2, -0.15) is 0 Å². The molecule has 1 nitrogen and oxygen atoms in total. The molecule has 1 aliphatic heterocycles. The van der Waals surface area contributed by atoms with Gasteiger partial charge in [-0.05, 0) is 0 Å². The molecule has 0 amide bonds. The van der Waals surface area contributed by atoms with Crippen LogP contribution in [0.2, 0.25) is 0 Å². The van der Waals surface area contributed by atoms with E-state index >= 15 is 0 Å². The fraction of sp³-hybridized carbons (Fsp3) is 0.0286. The molecule has 0 spiro atoms. The molecule has 0 saturated carbocycles. The van der Waals surface area contributed by atoms with Crippen LogP contribution < -0.4 is 21.2 Å². The number of hydrogen-bond acceptors (Lipinski definition) is 1. The third kappa shape index (κ3) is 3.05. The zero-order valence-corrected chi connectivity index (χ0v) is 21.3. The van der Waals surface area contributed by atoms with Gasteiger partial charge in [-0.25, -0.2) is 0 Å². The summed E-state index contributed by atoms with van der Waals surface area (Å²) in [6, 6.07) is 56.9. The third-order valence-corrected chi connectivity index (χ3v) is 13.6. The maximum absolute atomic E-state index is 7.83. The summed E-state index contributed by atoms with van der Waals surface area (Å²) in [6.07, 6.45) is -0.195. The molecule has 1 unspecified atom stereocenters. The topological polar surface area (TPSA) is 9.23 Å². The fourth-order valence-electron chi connectivity index (χ4n) is 6.22. The molecule has 6 aromatic rings. The van der Waals surface area contributed by atoms with Gasteiger partial charge in [0.1, 0.15) is 0 Å². The van der Waals surface area contributed by atoms with Crippen molar-refractivity contribution in [2.75, 3.05) is 0 Å². The summed E-state index contributed by atoms with van der Waals surface area (Å²) < 4.78 is 7.83. The van der Waals surface area contributed by atoms with E-state index in [-0.39, 0.29) is 6.10 Å². The van der Waals surface area contributed by atoms with Gasteiger partial charge in [-0.15, -0.1) is 0 Å². The van der Waals surface area contributed by atoms with E-state index in [9.17, 15) is 0 Å². The molecule has 178 valence electrons. The van der Waals surface area contributed by atoms with Crippen LogP contribution in [0, 0.1) is 0 Å². The Bertz CT molecular complexity index is 1610. The minimum absolute atomic E-state index is 0.195. The first-order chi connectivity index (χ1) is 18.3. The van der Waals surface area contributed by atoms with Crippen LogP contribution in [0.25, 0.3) is 10.8 Å². The van der Waals surface area contributed by atoms with Gasteiger partial charge in [-0.1, -0.05) is 0 Å². The Labute approximate surface area is 218 Å². The predicted octanol–water partition coefficient (Wildman–Crippen LogP) is 7.03. The molecular weight excluding hydrogens is 467 g/mol. The van der Waals surface area contributed by atoms with Gasteiger partial charge in [0, 0.05) is 0 Å². The van der Waals surface area contributed by atoms with Gasteiger partial charge in [0.25, 0.3) is 0 Å². The Morgan fingerprint density at radius 1 is 0.432 bits per heavy atom. The van der Waals surface area contributed by atoms with Crippen molar-refractivity contribution in [3.8, 4) is 0 Å². The van der Waals surface area contributed by atoms with Gasteiger partial charge in [-0.3, -0.25) is 0 Å². The zero-order chi connectivity index (χ0) is 24.7. The third-order valence-electron chi connectivity index (χ3n) is 7.82. The van der Waals surface area contributed by atoms with Crippen LogP contribution >= 0.6 is 6.83 Å². The van der Waals surface area contributed by atoms with E-state index in [1.165, 1.54) is 43.1 Å². The molecule has 1 aliphatic rings. The quantitative estimate of drug-likeness (QED) is 0.239. The van der Waals surface area contributed by atoms with Gasteiger partial charge in [0.2, 0.25) is 0 Å². The van der Waals surface area contributed by atoms with Crippen molar-refractivity contribution in [2.45, 2.75) is 6.10 Å². The SMILES string of the molecule is c1ccc(P2(c3ccccc3)(c3ccccc3)OC(c3ccc4ccccc4c3)c3ccccc32)cc1. The molecule has 6 aromatic carbocycles. The van der Waals surface area contributed by atoms with E-state index in [1.54, 1.807) is 0 Å². The van der Waals surface area contributed by atoms with Crippen LogP contribution in [0.5, 0.6) is 0 Å². The van der Waals surface area contributed by atoms with Crippen LogP contribution in [0.3, 0.4) is 0 Å². The summed E-state index contributed by atoms with van der Waals surface area (Å²) in [6.45, 7) is -3.58. The fourth-order valence-corrected chi connectivity index (χ4v) is 12.4. The van der Waals surface area contributed by atoms with Crippen LogP contribution in [0.15, 0.2) is 158 Å². The normalized spacial score (nSPS) is 18.5. The first kappa shape index (κ1) is 22.2. The standard InChI is InChI=1S/C35H27OP/c1-4-16-30(17-5-1)37(31-18-6-2-7-19-31,32-20-8-3-9-21-32)34-23-13-12-22-33(34)35(36-37)29-25-24-27-14-10-11-15-28(27)26-29/h1-26,35H. The minimum atomic E-state index is -3.58. The molecule has 1 atom stereocenters. The monoisotopic (exact) mass is 494 g/mol. The van der Waals surface area contributed by atoms with Gasteiger partial charge < -0.3 is 0 Å². The van der Waals surface area contributed by atoms with E-state index in [0.29, 0.717) is 0 Å². The molecule has 0 radical (unpaired) electrons. The Kier molecular flexibility index (Phi) is 5.11. The molecular formula is C35H27OP. The Morgan fingerprint density at radius 3 is 1.51 bits per heavy atom. The molecule has 0 N–H and O–H groups in total. The molecule has 37 heavy (non-hydrogen) atoms. The molecule has 0 aliphatic carbocycles. The zero-order valence-electron chi connectivity index (χ0n) is 20.4. The van der Waals surface area contributed by atoms with E-state index in [4.69, 9.17) is 4.52 Å². The summed E-state index contributed by atoms with van der Waals surface area (Å²) in [7, 11) is 0. The molecule has 0 aromatic heterocycles. The number of fused-ring (bicyclic) bond motifs is 2. The first-order valence-electron chi connectivity index (χ1n) is 12.8. The number of rotatable bonds is 4. The van der Waals surface area contributed by atoms with Crippen molar-refractivity contribution in [2.24, 2.45) is 0 Å². The summed E-state index contributed by atoms with van der Waals surface area (Å²) in [5, 5.41) is 7.43. The van der Waals surface area contributed by atoms with Gasteiger partial charge in [0.05, 0.1) is 0 Å². The van der Waals surface area contributed by atoms with Crippen molar-refractivity contribution < 1.29 is 4.52 Å². The summed E-state index contributed by atoms with van der Waals surface area (Å²) >= 11 is 0. The Hall–Kier alpha value is -4.03. The van der Waals surface area contributed by atoms with Crippen molar-refractivity contribution in [1.29, 1.82) is 0 Å². The van der Waals surface area contributed by atoms with E-state index in [2.05, 4.69) is 158 Å². The number of hydrogen-bond donors (Lipinski definition) is 0. The van der Waals surface area contributed by atoms with Crippen LogP contribution in [0.1, 0.15) is 17.2 Å².